The number of carbonyl (C=O) groups is 1. The lowest BCUT2D eigenvalue weighted by Crippen LogP contribution is -2.14. The summed E-state index contributed by atoms with van der Waals surface area (Å²) in [5.74, 6) is -1.33. The molecular formula is C12H14F3NO3. The van der Waals surface area contributed by atoms with Crippen molar-refractivity contribution >= 4 is 5.97 Å². The van der Waals surface area contributed by atoms with Crippen LogP contribution in [0.1, 0.15) is 30.0 Å². The molecule has 4 nitrogen and oxygen atoms in total. The average molecular weight is 277 g/mol. The summed E-state index contributed by atoms with van der Waals surface area (Å²) in [6.07, 6.45) is -4.68. The first-order chi connectivity index (χ1) is 8.75. The lowest BCUT2D eigenvalue weighted by Gasteiger charge is -2.16. The molecule has 0 radical (unpaired) electrons. The van der Waals surface area contributed by atoms with Gasteiger partial charge in [0.25, 0.3) is 0 Å². The van der Waals surface area contributed by atoms with E-state index in [0.717, 1.165) is 13.2 Å². The first-order valence-electron chi connectivity index (χ1n) is 5.48. The maximum Gasteiger partial charge on any atom is 0.419 e. The van der Waals surface area contributed by atoms with Gasteiger partial charge >= 0.3 is 12.1 Å². The molecule has 0 bridgehead atoms. The van der Waals surface area contributed by atoms with Gasteiger partial charge in [0.05, 0.1) is 12.7 Å². The third-order valence-corrected chi connectivity index (χ3v) is 2.63. The number of hydrogen-bond donors (Lipinski definition) is 2. The molecule has 1 aromatic rings. The molecule has 1 atom stereocenters. The third kappa shape index (κ3) is 4.13. The Labute approximate surface area is 108 Å². The second-order valence-electron chi connectivity index (χ2n) is 4.00. The van der Waals surface area contributed by atoms with Crippen molar-refractivity contribution in [2.75, 3.05) is 7.11 Å². The van der Waals surface area contributed by atoms with Gasteiger partial charge in [-0.15, -0.1) is 0 Å². The van der Waals surface area contributed by atoms with Crippen LogP contribution in [0.3, 0.4) is 0 Å². The SMILES string of the molecule is COc1ccc(C(N)CCC(=O)O)cc1C(F)(F)F. The van der Waals surface area contributed by atoms with Crippen molar-refractivity contribution in [2.45, 2.75) is 25.1 Å². The van der Waals surface area contributed by atoms with Crippen LogP contribution >= 0.6 is 0 Å². The van der Waals surface area contributed by atoms with Gasteiger partial charge in [0, 0.05) is 12.5 Å². The highest BCUT2D eigenvalue weighted by molar-refractivity contribution is 5.66. The Morgan fingerprint density at radius 1 is 1.47 bits per heavy atom. The minimum Gasteiger partial charge on any atom is -0.496 e. The lowest BCUT2D eigenvalue weighted by atomic mass is 10.00. The van der Waals surface area contributed by atoms with Crippen LogP contribution in [-0.4, -0.2) is 18.2 Å². The van der Waals surface area contributed by atoms with Crippen LogP contribution in [0.25, 0.3) is 0 Å². The van der Waals surface area contributed by atoms with E-state index in [1.54, 1.807) is 0 Å². The summed E-state index contributed by atoms with van der Waals surface area (Å²) in [6.45, 7) is 0. The second-order valence-corrected chi connectivity index (χ2v) is 4.00. The van der Waals surface area contributed by atoms with E-state index in [1.165, 1.54) is 12.1 Å². The molecule has 3 N–H and O–H groups in total. The summed E-state index contributed by atoms with van der Waals surface area (Å²) in [7, 11) is 1.15. The van der Waals surface area contributed by atoms with E-state index in [-0.39, 0.29) is 24.2 Å². The summed E-state index contributed by atoms with van der Waals surface area (Å²) in [5.41, 5.74) is 4.99. The molecule has 7 heteroatoms. The number of halogens is 3. The van der Waals surface area contributed by atoms with Crippen LogP contribution in [0, 0.1) is 0 Å². The number of aliphatic carboxylic acids is 1. The Balaban J connectivity index is 3.01. The Morgan fingerprint density at radius 2 is 2.11 bits per heavy atom. The molecule has 0 saturated heterocycles. The van der Waals surface area contributed by atoms with E-state index in [2.05, 4.69) is 4.74 Å². The number of methoxy groups -OCH3 is 1. The average Bonchev–Trinajstić information content (AvgIpc) is 2.34. The van der Waals surface area contributed by atoms with Crippen molar-refractivity contribution in [3.05, 3.63) is 29.3 Å². The molecule has 1 aromatic carbocycles. The number of carboxylic acid groups (broad SMARTS) is 1. The minimum absolute atomic E-state index is 0.0684. The number of nitrogens with two attached hydrogens (primary N) is 1. The molecule has 0 saturated carbocycles. The standard InChI is InChI=1S/C12H14F3NO3/c1-19-10-4-2-7(6-8(10)12(13,14)15)9(16)3-5-11(17)18/h2,4,6,9H,3,5,16H2,1H3,(H,17,18). The highest BCUT2D eigenvalue weighted by atomic mass is 19.4. The van der Waals surface area contributed by atoms with E-state index >= 15 is 0 Å². The van der Waals surface area contributed by atoms with Gasteiger partial charge in [-0.05, 0) is 24.1 Å². The van der Waals surface area contributed by atoms with Crippen molar-refractivity contribution in [1.82, 2.24) is 0 Å². The minimum atomic E-state index is -4.55. The number of benzene rings is 1. The number of ether oxygens (including phenoxy) is 1. The predicted octanol–water partition coefficient (Wildman–Crippen LogP) is 2.58. The number of carboxylic acids is 1. The smallest absolute Gasteiger partial charge is 0.419 e. The fraction of sp³-hybridized carbons (Fsp3) is 0.417. The summed E-state index contributed by atoms with van der Waals surface area (Å²) in [6, 6.07) is 2.72. The fourth-order valence-corrected chi connectivity index (χ4v) is 1.62. The molecule has 0 fully saturated rings. The Morgan fingerprint density at radius 3 is 2.58 bits per heavy atom. The number of rotatable bonds is 5. The number of hydrogen-bond acceptors (Lipinski definition) is 3. The summed E-state index contributed by atoms with van der Waals surface area (Å²) in [4.78, 5) is 10.4. The molecule has 1 rings (SSSR count). The third-order valence-electron chi connectivity index (χ3n) is 2.63. The maximum atomic E-state index is 12.8. The summed E-state index contributed by atoms with van der Waals surface area (Å²) >= 11 is 0. The van der Waals surface area contributed by atoms with Crippen LogP contribution in [0.4, 0.5) is 13.2 Å². The second kappa shape index (κ2) is 5.92. The molecule has 0 spiro atoms. The molecule has 19 heavy (non-hydrogen) atoms. The summed E-state index contributed by atoms with van der Waals surface area (Å²) < 4.78 is 43.0. The zero-order chi connectivity index (χ0) is 14.6. The van der Waals surface area contributed by atoms with Crippen LogP contribution < -0.4 is 10.5 Å². The van der Waals surface area contributed by atoms with Gasteiger partial charge in [0.1, 0.15) is 5.75 Å². The van der Waals surface area contributed by atoms with Gasteiger partial charge in [-0.1, -0.05) is 6.07 Å². The molecule has 0 aromatic heterocycles. The molecule has 0 heterocycles. The molecule has 106 valence electrons. The van der Waals surface area contributed by atoms with Crippen LogP contribution in [-0.2, 0) is 11.0 Å². The van der Waals surface area contributed by atoms with Crippen molar-refractivity contribution in [1.29, 1.82) is 0 Å². The van der Waals surface area contributed by atoms with Crippen LogP contribution in [0.2, 0.25) is 0 Å². The van der Waals surface area contributed by atoms with E-state index in [4.69, 9.17) is 10.8 Å². The Bertz CT molecular complexity index is 460. The zero-order valence-electron chi connectivity index (χ0n) is 10.2. The molecule has 0 aliphatic rings. The van der Waals surface area contributed by atoms with E-state index in [1.807, 2.05) is 0 Å². The van der Waals surface area contributed by atoms with Gasteiger partial charge in [-0.25, -0.2) is 0 Å². The molecule has 1 unspecified atom stereocenters. The first-order valence-corrected chi connectivity index (χ1v) is 5.48. The quantitative estimate of drug-likeness (QED) is 0.867. The monoisotopic (exact) mass is 277 g/mol. The van der Waals surface area contributed by atoms with Gasteiger partial charge in [0.2, 0.25) is 0 Å². The largest absolute Gasteiger partial charge is 0.496 e. The van der Waals surface area contributed by atoms with E-state index in [9.17, 15) is 18.0 Å². The fourth-order valence-electron chi connectivity index (χ4n) is 1.62. The van der Waals surface area contributed by atoms with Crippen molar-refractivity contribution < 1.29 is 27.8 Å². The van der Waals surface area contributed by atoms with Crippen molar-refractivity contribution in [2.24, 2.45) is 5.73 Å². The molecule has 0 aliphatic carbocycles. The lowest BCUT2D eigenvalue weighted by molar-refractivity contribution is -0.139. The van der Waals surface area contributed by atoms with Crippen LogP contribution in [0.5, 0.6) is 5.75 Å². The molecular weight excluding hydrogens is 263 g/mol. The highest BCUT2D eigenvalue weighted by Gasteiger charge is 2.34. The van der Waals surface area contributed by atoms with Gasteiger partial charge < -0.3 is 15.6 Å². The molecule has 0 amide bonds. The highest BCUT2D eigenvalue weighted by Crippen LogP contribution is 2.37. The Hall–Kier alpha value is -1.76. The van der Waals surface area contributed by atoms with E-state index in [0.29, 0.717) is 0 Å². The predicted molar refractivity (Wildman–Crippen MR) is 61.8 cm³/mol. The first kappa shape index (κ1) is 15.3. The van der Waals surface area contributed by atoms with Crippen LogP contribution in [0.15, 0.2) is 18.2 Å². The van der Waals surface area contributed by atoms with Crippen molar-refractivity contribution in [3.8, 4) is 5.75 Å². The topological polar surface area (TPSA) is 72.5 Å². The van der Waals surface area contributed by atoms with Gasteiger partial charge in [-0.2, -0.15) is 13.2 Å². The Kier molecular flexibility index (Phi) is 4.77. The molecule has 0 aliphatic heterocycles. The maximum absolute atomic E-state index is 12.8. The summed E-state index contributed by atoms with van der Waals surface area (Å²) in [5, 5.41) is 8.52. The normalized spacial score (nSPS) is 13.1. The number of alkyl halides is 3. The van der Waals surface area contributed by atoms with E-state index < -0.39 is 23.8 Å². The van der Waals surface area contributed by atoms with Gasteiger partial charge in [-0.3, -0.25) is 4.79 Å². The van der Waals surface area contributed by atoms with Gasteiger partial charge in [0.15, 0.2) is 0 Å². The zero-order valence-corrected chi connectivity index (χ0v) is 10.2. The van der Waals surface area contributed by atoms with Crippen molar-refractivity contribution in [3.63, 3.8) is 0 Å².